The van der Waals surface area contributed by atoms with Gasteiger partial charge in [-0.2, -0.15) is 0 Å². The van der Waals surface area contributed by atoms with Crippen LogP contribution in [-0.4, -0.2) is 33.9 Å². The number of nitrogen functional groups attached to an aromatic ring is 1. The normalized spacial score (nSPS) is 14.2. The predicted molar refractivity (Wildman–Crippen MR) is 56.2 cm³/mol. The number of rotatable bonds is 4. The van der Waals surface area contributed by atoms with Crippen molar-refractivity contribution >= 4 is 11.8 Å². The van der Waals surface area contributed by atoms with E-state index in [2.05, 4.69) is 9.72 Å². The van der Waals surface area contributed by atoms with Gasteiger partial charge in [-0.3, -0.25) is 0 Å². The molecule has 2 unspecified atom stereocenters. The average molecular weight is 226 g/mol. The highest BCUT2D eigenvalue weighted by molar-refractivity contribution is 5.75. The number of hydrogen-bond donors (Lipinski definition) is 3. The molecule has 0 radical (unpaired) electrons. The Morgan fingerprint density at radius 2 is 2.25 bits per heavy atom. The molecule has 1 rings (SSSR count). The zero-order valence-electron chi connectivity index (χ0n) is 8.83. The first-order chi connectivity index (χ1) is 7.56. The van der Waals surface area contributed by atoms with Gasteiger partial charge in [0.15, 0.2) is 6.10 Å². The minimum atomic E-state index is -1.66. The number of aromatic nitrogens is 1. The molecule has 0 saturated carbocycles. The Labute approximate surface area is 92.7 Å². The maximum absolute atomic E-state index is 11.2. The number of aliphatic hydroxyl groups is 2. The Balaban J connectivity index is 2.77. The summed E-state index contributed by atoms with van der Waals surface area (Å²) in [5.41, 5.74) is 5.54. The van der Waals surface area contributed by atoms with Gasteiger partial charge in [0.1, 0.15) is 11.9 Å². The fourth-order valence-electron chi connectivity index (χ4n) is 1.15. The number of carbonyl (C=O) groups is 1. The van der Waals surface area contributed by atoms with Crippen LogP contribution in [0, 0.1) is 0 Å². The number of carbonyl (C=O) groups excluding carboxylic acids is 1. The van der Waals surface area contributed by atoms with Gasteiger partial charge in [0, 0.05) is 0 Å². The van der Waals surface area contributed by atoms with Crippen molar-refractivity contribution in [2.24, 2.45) is 0 Å². The van der Waals surface area contributed by atoms with Gasteiger partial charge in [-0.15, -0.1) is 0 Å². The quantitative estimate of drug-likeness (QED) is 0.604. The first kappa shape index (κ1) is 12.4. The largest absolute Gasteiger partial charge is 0.464 e. The predicted octanol–water partition coefficient (Wildman–Crippen LogP) is -0.379. The molecule has 0 aliphatic heterocycles. The van der Waals surface area contributed by atoms with E-state index in [0.717, 1.165) is 0 Å². The third kappa shape index (κ3) is 2.91. The number of nitrogens with zero attached hydrogens (tertiary/aromatic N) is 1. The lowest BCUT2D eigenvalue weighted by Crippen LogP contribution is -2.30. The number of nitrogens with two attached hydrogens (primary N) is 1. The Kier molecular flexibility index (Phi) is 4.21. The lowest BCUT2D eigenvalue weighted by Gasteiger charge is -2.15. The highest BCUT2D eigenvalue weighted by atomic mass is 16.5. The van der Waals surface area contributed by atoms with Crippen molar-refractivity contribution in [1.29, 1.82) is 0 Å². The third-order valence-electron chi connectivity index (χ3n) is 1.92. The minimum absolute atomic E-state index is 0.126. The smallest absolute Gasteiger partial charge is 0.338 e. The van der Waals surface area contributed by atoms with Crippen LogP contribution in [0.4, 0.5) is 5.82 Å². The van der Waals surface area contributed by atoms with E-state index < -0.39 is 18.2 Å². The molecular weight excluding hydrogens is 212 g/mol. The van der Waals surface area contributed by atoms with Gasteiger partial charge >= 0.3 is 5.97 Å². The van der Waals surface area contributed by atoms with E-state index in [1.807, 2.05) is 0 Å². The van der Waals surface area contributed by atoms with Crippen LogP contribution < -0.4 is 5.73 Å². The van der Waals surface area contributed by atoms with Crippen molar-refractivity contribution in [3.8, 4) is 0 Å². The summed E-state index contributed by atoms with van der Waals surface area (Å²) in [4.78, 5) is 14.9. The molecule has 88 valence electrons. The standard InChI is InChI=1S/C10H14N2O4/c1-2-16-10(15)9(14)8(13)6-4-3-5-7(11)12-6/h3-5,8-9,13-14H,2H2,1H3,(H2,11,12). The summed E-state index contributed by atoms with van der Waals surface area (Å²) in [6.45, 7) is 1.74. The second kappa shape index (κ2) is 5.43. The number of aliphatic hydroxyl groups excluding tert-OH is 2. The first-order valence-electron chi connectivity index (χ1n) is 4.81. The summed E-state index contributed by atoms with van der Waals surface area (Å²) in [7, 11) is 0. The van der Waals surface area contributed by atoms with Crippen LogP contribution in [0.15, 0.2) is 18.2 Å². The van der Waals surface area contributed by atoms with Crippen LogP contribution in [0.5, 0.6) is 0 Å². The van der Waals surface area contributed by atoms with Crippen molar-refractivity contribution in [3.05, 3.63) is 23.9 Å². The minimum Gasteiger partial charge on any atom is -0.464 e. The SMILES string of the molecule is CCOC(=O)C(O)C(O)c1cccc(N)n1. The number of esters is 1. The Morgan fingerprint density at radius 3 is 2.81 bits per heavy atom. The molecule has 0 amide bonds. The fraction of sp³-hybridized carbons (Fsp3) is 0.400. The summed E-state index contributed by atoms with van der Waals surface area (Å²) < 4.78 is 4.57. The molecule has 0 aliphatic rings. The highest BCUT2D eigenvalue weighted by Crippen LogP contribution is 2.16. The molecule has 6 nitrogen and oxygen atoms in total. The van der Waals surface area contributed by atoms with Gasteiger partial charge in [-0.1, -0.05) is 6.07 Å². The van der Waals surface area contributed by atoms with E-state index in [4.69, 9.17) is 5.73 Å². The number of anilines is 1. The Bertz CT molecular complexity index is 370. The third-order valence-corrected chi connectivity index (χ3v) is 1.92. The molecule has 6 heteroatoms. The summed E-state index contributed by atoms with van der Waals surface area (Å²) in [6.07, 6.45) is -3.10. The van der Waals surface area contributed by atoms with E-state index in [9.17, 15) is 15.0 Å². The van der Waals surface area contributed by atoms with Crippen LogP contribution in [0.2, 0.25) is 0 Å². The molecule has 1 heterocycles. The topological polar surface area (TPSA) is 106 Å². The fourth-order valence-corrected chi connectivity index (χ4v) is 1.15. The Morgan fingerprint density at radius 1 is 1.56 bits per heavy atom. The number of ether oxygens (including phenoxy) is 1. The second-order valence-corrected chi connectivity index (χ2v) is 3.13. The average Bonchev–Trinajstić information content (AvgIpc) is 2.27. The van der Waals surface area contributed by atoms with Crippen molar-refractivity contribution < 1.29 is 19.7 Å². The maximum Gasteiger partial charge on any atom is 0.338 e. The van der Waals surface area contributed by atoms with Crippen LogP contribution in [-0.2, 0) is 9.53 Å². The second-order valence-electron chi connectivity index (χ2n) is 3.13. The molecule has 0 fully saturated rings. The van der Waals surface area contributed by atoms with E-state index >= 15 is 0 Å². The molecule has 0 saturated heterocycles. The molecule has 0 aromatic carbocycles. The van der Waals surface area contributed by atoms with Crippen LogP contribution in [0.3, 0.4) is 0 Å². The van der Waals surface area contributed by atoms with Crippen LogP contribution >= 0.6 is 0 Å². The molecule has 1 aromatic heterocycles. The van der Waals surface area contributed by atoms with Gasteiger partial charge in [0.2, 0.25) is 0 Å². The van der Waals surface area contributed by atoms with E-state index in [0.29, 0.717) is 0 Å². The summed E-state index contributed by atoms with van der Waals surface area (Å²) in [5, 5.41) is 19.1. The molecular formula is C10H14N2O4. The van der Waals surface area contributed by atoms with Gasteiger partial charge < -0.3 is 20.7 Å². The van der Waals surface area contributed by atoms with Crippen molar-refractivity contribution in [2.45, 2.75) is 19.1 Å². The highest BCUT2D eigenvalue weighted by Gasteiger charge is 2.27. The van der Waals surface area contributed by atoms with E-state index in [-0.39, 0.29) is 18.1 Å². The molecule has 0 bridgehead atoms. The maximum atomic E-state index is 11.2. The molecule has 0 aliphatic carbocycles. The van der Waals surface area contributed by atoms with Gasteiger partial charge in [-0.05, 0) is 19.1 Å². The lowest BCUT2D eigenvalue weighted by molar-refractivity contribution is -0.159. The van der Waals surface area contributed by atoms with Crippen molar-refractivity contribution in [2.75, 3.05) is 12.3 Å². The van der Waals surface area contributed by atoms with E-state index in [1.54, 1.807) is 13.0 Å². The molecule has 2 atom stereocenters. The number of hydrogen-bond acceptors (Lipinski definition) is 6. The lowest BCUT2D eigenvalue weighted by atomic mass is 10.1. The molecule has 16 heavy (non-hydrogen) atoms. The molecule has 4 N–H and O–H groups in total. The molecule has 1 aromatic rings. The van der Waals surface area contributed by atoms with Crippen molar-refractivity contribution in [3.63, 3.8) is 0 Å². The zero-order chi connectivity index (χ0) is 12.1. The summed E-state index contributed by atoms with van der Waals surface area (Å²) in [5.74, 6) is -0.688. The number of pyridine rings is 1. The molecule has 0 spiro atoms. The van der Waals surface area contributed by atoms with Gasteiger partial charge in [-0.25, -0.2) is 9.78 Å². The zero-order valence-corrected chi connectivity index (χ0v) is 8.83. The monoisotopic (exact) mass is 226 g/mol. The Hall–Kier alpha value is -1.66. The van der Waals surface area contributed by atoms with E-state index in [1.165, 1.54) is 12.1 Å². The summed E-state index contributed by atoms with van der Waals surface area (Å²) in [6, 6.07) is 4.56. The van der Waals surface area contributed by atoms with Gasteiger partial charge in [0.25, 0.3) is 0 Å². The first-order valence-corrected chi connectivity index (χ1v) is 4.81. The van der Waals surface area contributed by atoms with Crippen molar-refractivity contribution in [1.82, 2.24) is 4.98 Å². The van der Waals surface area contributed by atoms with Crippen LogP contribution in [0.1, 0.15) is 18.7 Å². The summed E-state index contributed by atoms with van der Waals surface area (Å²) >= 11 is 0. The van der Waals surface area contributed by atoms with Gasteiger partial charge in [0.05, 0.1) is 12.3 Å². The van der Waals surface area contributed by atoms with Crippen LogP contribution in [0.25, 0.3) is 0 Å².